The number of thiocarbonyl (C=S) groups is 2. The van der Waals surface area contributed by atoms with Crippen LogP contribution >= 0.6 is 24.4 Å². The minimum absolute atomic E-state index is 0.000921. The summed E-state index contributed by atoms with van der Waals surface area (Å²) >= 11 is 11.5. The van der Waals surface area contributed by atoms with Gasteiger partial charge in [0.1, 0.15) is 11.1 Å². The number of nitrogens with one attached hydrogen (secondary N) is 1. The van der Waals surface area contributed by atoms with Crippen molar-refractivity contribution in [1.29, 1.82) is 0 Å². The lowest BCUT2D eigenvalue weighted by molar-refractivity contribution is -0.133. The van der Waals surface area contributed by atoms with E-state index in [-0.39, 0.29) is 29.8 Å². The molecule has 0 radical (unpaired) electrons. The molecule has 0 saturated carbocycles. The normalized spacial score (nSPS) is 19.1. The van der Waals surface area contributed by atoms with Crippen LogP contribution in [-0.2, 0) is 19.2 Å². The Bertz CT molecular complexity index is 2030. The lowest BCUT2D eigenvalue weighted by atomic mass is 9.96. The molecular formula is C43H55N9O4S2. The zero-order valence-electron chi connectivity index (χ0n) is 34.9. The average molecular weight is 826 g/mol. The van der Waals surface area contributed by atoms with Crippen LogP contribution in [0.3, 0.4) is 0 Å². The van der Waals surface area contributed by atoms with Crippen molar-refractivity contribution in [3.63, 3.8) is 0 Å². The van der Waals surface area contributed by atoms with E-state index < -0.39 is 11.1 Å². The summed E-state index contributed by atoms with van der Waals surface area (Å²) in [7, 11) is 0. The predicted octanol–water partition coefficient (Wildman–Crippen LogP) is 7.40. The molecule has 0 unspecified atom stereocenters. The first kappa shape index (κ1) is 45.6. The molecule has 4 aliphatic rings. The highest BCUT2D eigenvalue weighted by atomic mass is 32.1. The number of benzene rings is 2. The van der Waals surface area contributed by atoms with Crippen LogP contribution in [0.15, 0.2) is 41.4 Å². The highest BCUT2D eigenvalue weighted by molar-refractivity contribution is 7.80. The molecule has 15 heteroatoms. The molecule has 2 aromatic rings. The maximum absolute atomic E-state index is 13.3. The third kappa shape index (κ3) is 9.46. The zero-order chi connectivity index (χ0) is 42.9. The van der Waals surface area contributed by atoms with Gasteiger partial charge in [-0.1, -0.05) is 19.1 Å². The number of carbonyl (C=O) groups excluding carboxylic acids is 4. The molecule has 2 aromatic carbocycles. The second-order valence-electron chi connectivity index (χ2n) is 15.8. The molecule has 0 bridgehead atoms. The van der Waals surface area contributed by atoms with Crippen molar-refractivity contribution in [2.75, 3.05) is 42.5 Å². The molecule has 0 atom stereocenters. The fourth-order valence-electron chi connectivity index (χ4n) is 7.98. The Morgan fingerprint density at radius 2 is 1.24 bits per heavy atom. The van der Waals surface area contributed by atoms with Gasteiger partial charge in [-0.15, -0.1) is 0 Å². The topological polar surface area (TPSA) is 118 Å². The van der Waals surface area contributed by atoms with Gasteiger partial charge in [0.05, 0.1) is 13.1 Å². The Morgan fingerprint density at radius 3 is 1.59 bits per heavy atom. The number of rotatable bonds is 7. The first-order chi connectivity index (χ1) is 27.5. The first-order valence-corrected chi connectivity index (χ1v) is 20.7. The average Bonchev–Trinajstić information content (AvgIpc) is 3.49. The number of isocyanates is 1. The Hall–Kier alpha value is -5.05. The van der Waals surface area contributed by atoms with Crippen LogP contribution in [0, 0.1) is 27.0 Å². The van der Waals surface area contributed by atoms with E-state index in [0.717, 1.165) is 62.0 Å². The fourth-order valence-corrected chi connectivity index (χ4v) is 9.12. The lowest BCUT2D eigenvalue weighted by Crippen LogP contribution is -2.54. The van der Waals surface area contributed by atoms with E-state index in [4.69, 9.17) is 42.4 Å². The van der Waals surface area contributed by atoms with Crippen LogP contribution < -0.4 is 15.1 Å². The second-order valence-corrected chi connectivity index (χ2v) is 16.5. The van der Waals surface area contributed by atoms with Gasteiger partial charge in [-0.25, -0.2) is 19.5 Å². The number of aryl methyl sites for hydroxylation is 2. The Balaban J connectivity index is 0.000000233. The number of amides is 3. The van der Waals surface area contributed by atoms with Gasteiger partial charge in [0.2, 0.25) is 12.0 Å². The molecule has 0 aliphatic carbocycles. The van der Waals surface area contributed by atoms with E-state index in [1.165, 1.54) is 6.08 Å². The minimum atomic E-state index is -0.746. The Labute approximate surface area is 354 Å². The quantitative estimate of drug-likeness (QED) is 0.132. The molecule has 0 spiro atoms. The summed E-state index contributed by atoms with van der Waals surface area (Å²) in [6.45, 7) is 33.5. The van der Waals surface area contributed by atoms with Crippen molar-refractivity contribution in [3.8, 4) is 0 Å². The summed E-state index contributed by atoms with van der Waals surface area (Å²) in [5.74, 6) is 0.158. The van der Waals surface area contributed by atoms with Gasteiger partial charge in [-0.05, 0) is 153 Å². The van der Waals surface area contributed by atoms with Crippen molar-refractivity contribution in [2.45, 2.75) is 117 Å². The van der Waals surface area contributed by atoms with E-state index in [0.29, 0.717) is 53.3 Å². The molecule has 0 aromatic heterocycles. The number of likely N-dealkylation sites (tertiary alicyclic amines) is 1. The molecule has 58 heavy (non-hydrogen) atoms. The largest absolute Gasteiger partial charge is 0.343 e. The summed E-state index contributed by atoms with van der Waals surface area (Å²) in [5, 5.41) is 4.44. The van der Waals surface area contributed by atoms with Crippen LogP contribution in [0.1, 0.15) is 91.2 Å². The van der Waals surface area contributed by atoms with E-state index in [1.807, 2.05) is 71.6 Å². The van der Waals surface area contributed by atoms with Crippen LogP contribution in [0.5, 0.6) is 0 Å². The Kier molecular flexibility index (Phi) is 15.4. The summed E-state index contributed by atoms with van der Waals surface area (Å²) in [5.41, 5.74) is 2.92. The monoisotopic (exact) mass is 825 g/mol. The van der Waals surface area contributed by atoms with E-state index >= 15 is 0 Å². The van der Waals surface area contributed by atoms with Gasteiger partial charge in [0, 0.05) is 49.5 Å². The predicted molar refractivity (Wildman–Crippen MR) is 236 cm³/mol. The van der Waals surface area contributed by atoms with Crippen molar-refractivity contribution in [2.24, 2.45) is 4.99 Å². The molecule has 6 rings (SSSR count). The molecule has 308 valence electrons. The molecule has 1 N–H and O–H groups in total. The van der Waals surface area contributed by atoms with Crippen LogP contribution in [0.25, 0.3) is 9.69 Å². The second kappa shape index (κ2) is 19.6. The molecule has 3 amide bonds. The summed E-state index contributed by atoms with van der Waals surface area (Å²) in [6, 6.07) is 11.2. The van der Waals surface area contributed by atoms with Crippen LogP contribution in [-0.4, -0.2) is 105 Å². The van der Waals surface area contributed by atoms with Crippen molar-refractivity contribution in [1.82, 2.24) is 20.0 Å². The summed E-state index contributed by atoms with van der Waals surface area (Å²) < 4.78 is 0. The maximum Gasteiger partial charge on any atom is 0.258 e. The number of anilines is 2. The zero-order valence-corrected chi connectivity index (χ0v) is 36.6. The number of hydrogen-bond acceptors (Lipinski definition) is 8. The molecule has 13 nitrogen and oxygen atoms in total. The standard InChI is InChI=1S/C22H28N4O2S.C18H22N4OS.C3H5NO/c1-6-7-19(27)24-12-10-16(11-13-24)26-21(29)25(20(28)22(26,3)4)17-8-9-18(23-5)15(2)14-17;1-12-11-14(5-6-15(12)19-4)21-16(23)18(2,3)22(17(21)24)13-7-9-20-10-8-13;1-2-4-3-5/h8-9,14,16H,6-7,10-13H2,1-4H3;5-6,11,13,20H,7-10H2,1-3H3;2H2,1H3. The highest BCUT2D eigenvalue weighted by Crippen LogP contribution is 2.39. The van der Waals surface area contributed by atoms with Gasteiger partial charge in [-0.3, -0.25) is 24.2 Å². The third-order valence-electron chi connectivity index (χ3n) is 11.1. The van der Waals surface area contributed by atoms with Gasteiger partial charge >= 0.3 is 0 Å². The molecular weight excluding hydrogens is 771 g/mol. The SMILES string of the molecule is CCN=C=O.[C-]#[N+]c1ccc(N2C(=O)C(C)(C)N(C3CCN(C(=O)CCC)CC3)C2=S)cc1C.[C-]#[N+]c1ccc(N2C(=O)C(C)(C)N(C3CCNCC3)C2=S)cc1C. The molecule has 4 aliphatic heterocycles. The molecule has 4 saturated heterocycles. The van der Waals surface area contributed by atoms with E-state index in [1.54, 1.807) is 34.9 Å². The summed E-state index contributed by atoms with van der Waals surface area (Å²) in [6.07, 6.45) is 6.41. The number of nitrogens with zero attached hydrogens (tertiary/aromatic N) is 8. The fraction of sp³-hybridized carbons (Fsp3) is 0.535. The molecule has 4 fully saturated rings. The van der Waals surface area contributed by atoms with Crippen molar-refractivity contribution < 1.29 is 19.2 Å². The van der Waals surface area contributed by atoms with Gasteiger partial charge in [-0.2, -0.15) is 0 Å². The smallest absolute Gasteiger partial charge is 0.258 e. The number of piperidine rings is 2. The lowest BCUT2D eigenvalue weighted by Gasteiger charge is -2.42. The van der Waals surface area contributed by atoms with E-state index in [9.17, 15) is 14.4 Å². The van der Waals surface area contributed by atoms with Gasteiger partial charge in [0.15, 0.2) is 21.6 Å². The Morgan fingerprint density at radius 1 is 0.810 bits per heavy atom. The van der Waals surface area contributed by atoms with E-state index in [2.05, 4.69) is 29.8 Å². The van der Waals surface area contributed by atoms with Gasteiger partial charge < -0.3 is 20.0 Å². The third-order valence-corrected chi connectivity index (χ3v) is 11.9. The van der Waals surface area contributed by atoms with Crippen molar-refractivity contribution >= 4 is 81.2 Å². The molecule has 4 heterocycles. The number of hydrogen-bond donors (Lipinski definition) is 1. The van der Waals surface area contributed by atoms with Crippen molar-refractivity contribution in [3.05, 3.63) is 70.4 Å². The van der Waals surface area contributed by atoms with Crippen LogP contribution in [0.2, 0.25) is 0 Å². The minimum Gasteiger partial charge on any atom is -0.343 e. The summed E-state index contributed by atoms with van der Waals surface area (Å²) in [4.78, 5) is 67.2. The van der Waals surface area contributed by atoms with Gasteiger partial charge in [0.25, 0.3) is 11.8 Å². The first-order valence-electron chi connectivity index (χ1n) is 19.9. The number of aliphatic imine (C=N–C) groups is 1. The number of carbonyl (C=O) groups is 3. The maximum atomic E-state index is 13.3. The van der Waals surface area contributed by atoms with Crippen LogP contribution in [0.4, 0.5) is 22.7 Å². The highest BCUT2D eigenvalue weighted by Gasteiger charge is 2.53.